The van der Waals surface area contributed by atoms with Crippen molar-refractivity contribution in [3.63, 3.8) is 0 Å². The van der Waals surface area contributed by atoms with Crippen LogP contribution < -0.4 is 0 Å². The maximum absolute atomic E-state index is 12.3. The number of carbonyl (C=O) groups is 2. The van der Waals surface area contributed by atoms with Crippen LogP contribution in [0.3, 0.4) is 0 Å². The fourth-order valence-corrected chi connectivity index (χ4v) is 7.54. The van der Waals surface area contributed by atoms with E-state index in [0.717, 1.165) is 32.1 Å². The summed E-state index contributed by atoms with van der Waals surface area (Å²) in [5.74, 6) is 2.63. The first-order chi connectivity index (χ1) is 11.8. The molecule has 4 aliphatic carbocycles. The Balaban J connectivity index is 1.75. The van der Waals surface area contributed by atoms with Crippen molar-refractivity contribution in [2.45, 2.75) is 71.8 Å². The number of fused-ring (bicyclic) bond motifs is 5. The number of carbonyl (C=O) groups excluding carboxylic acids is 2. The van der Waals surface area contributed by atoms with Gasteiger partial charge < -0.3 is 4.74 Å². The number of ether oxygens (including phenoxy) is 1. The molecule has 0 heterocycles. The summed E-state index contributed by atoms with van der Waals surface area (Å²) >= 11 is 0. The summed E-state index contributed by atoms with van der Waals surface area (Å²) in [6.07, 6.45) is 9.24. The highest BCUT2D eigenvalue weighted by atomic mass is 16.5. The van der Waals surface area contributed by atoms with Crippen LogP contribution in [0.1, 0.15) is 65.7 Å². The van der Waals surface area contributed by atoms with E-state index in [9.17, 15) is 9.59 Å². The Morgan fingerprint density at radius 3 is 2.64 bits per heavy atom. The minimum atomic E-state index is 0.0930. The van der Waals surface area contributed by atoms with Gasteiger partial charge in [0.05, 0.1) is 6.10 Å². The zero-order valence-electron chi connectivity index (χ0n) is 16.1. The lowest BCUT2D eigenvalue weighted by Gasteiger charge is -2.60. The molecule has 4 rings (SSSR count). The second kappa shape index (κ2) is 5.77. The van der Waals surface area contributed by atoms with E-state index in [1.165, 1.54) is 12.0 Å². The van der Waals surface area contributed by atoms with Crippen molar-refractivity contribution >= 4 is 11.6 Å². The summed E-state index contributed by atoms with van der Waals surface area (Å²) < 4.78 is 6.08. The number of hydrogen-bond donors (Lipinski definition) is 0. The molecular weight excluding hydrogens is 312 g/mol. The fourth-order valence-electron chi connectivity index (χ4n) is 7.54. The quantitative estimate of drug-likeness (QED) is 0.748. The third-order valence-electron chi connectivity index (χ3n) is 8.66. The molecule has 3 saturated carbocycles. The molecule has 3 heteroatoms. The normalized spacial score (nSPS) is 49.0. The van der Waals surface area contributed by atoms with Gasteiger partial charge in [-0.1, -0.05) is 19.4 Å². The molecule has 0 amide bonds. The van der Waals surface area contributed by atoms with Gasteiger partial charge in [-0.3, -0.25) is 9.59 Å². The Bertz CT molecular complexity index is 635. The summed E-state index contributed by atoms with van der Waals surface area (Å²) in [5, 5.41) is 0. The largest absolute Gasteiger partial charge is 0.381 e. The van der Waals surface area contributed by atoms with Crippen LogP contribution in [0.2, 0.25) is 0 Å². The standard InChI is InChI=1S/C22H32O3/c1-13(23)17-7-8-18-16-6-5-14-11-15(24)9-10-21(14,2)20(16)19(25-4)12-22(17,18)3/h11,16-20H,5-10,12H2,1-4H3/t16?,17?,18?,19-,20?,21?,22?/m1/s1. The molecular formula is C22H32O3. The molecule has 0 radical (unpaired) electrons. The molecule has 4 aliphatic rings. The first kappa shape index (κ1) is 17.5. The van der Waals surface area contributed by atoms with Crippen LogP contribution in [0.5, 0.6) is 0 Å². The first-order valence-electron chi connectivity index (χ1n) is 10.1. The zero-order valence-corrected chi connectivity index (χ0v) is 16.1. The lowest BCUT2D eigenvalue weighted by molar-refractivity contribution is -0.150. The van der Waals surface area contributed by atoms with Crippen molar-refractivity contribution in [1.82, 2.24) is 0 Å². The van der Waals surface area contributed by atoms with Crippen molar-refractivity contribution in [2.24, 2.45) is 34.5 Å². The number of allylic oxidation sites excluding steroid dienone is 1. The van der Waals surface area contributed by atoms with Gasteiger partial charge in [0.1, 0.15) is 5.78 Å². The zero-order chi connectivity index (χ0) is 18.0. The average molecular weight is 344 g/mol. The van der Waals surface area contributed by atoms with Crippen LogP contribution in [0, 0.1) is 34.5 Å². The predicted molar refractivity (Wildman–Crippen MR) is 97.1 cm³/mol. The number of methoxy groups -OCH3 is 1. The smallest absolute Gasteiger partial charge is 0.155 e. The molecule has 0 bridgehead atoms. The molecule has 3 fully saturated rings. The van der Waals surface area contributed by atoms with E-state index in [-0.39, 0.29) is 22.9 Å². The Kier molecular flexibility index (Phi) is 4.03. The molecule has 0 spiro atoms. The van der Waals surface area contributed by atoms with E-state index < -0.39 is 0 Å². The Morgan fingerprint density at radius 1 is 1.20 bits per heavy atom. The number of ketones is 2. The minimum Gasteiger partial charge on any atom is -0.381 e. The maximum atomic E-state index is 12.3. The third kappa shape index (κ3) is 2.34. The molecule has 25 heavy (non-hydrogen) atoms. The summed E-state index contributed by atoms with van der Waals surface area (Å²) in [7, 11) is 1.85. The van der Waals surface area contributed by atoms with Gasteiger partial charge in [-0.15, -0.1) is 0 Å². The second-order valence-electron chi connectivity index (χ2n) is 9.61. The lowest BCUT2D eigenvalue weighted by Crippen LogP contribution is -2.57. The van der Waals surface area contributed by atoms with Crippen LogP contribution in [-0.2, 0) is 14.3 Å². The van der Waals surface area contributed by atoms with Gasteiger partial charge in [-0.05, 0) is 80.1 Å². The van der Waals surface area contributed by atoms with Crippen molar-refractivity contribution in [3.05, 3.63) is 11.6 Å². The van der Waals surface area contributed by atoms with Crippen molar-refractivity contribution < 1.29 is 14.3 Å². The highest BCUT2D eigenvalue weighted by Crippen LogP contribution is 2.67. The fraction of sp³-hybridized carbons (Fsp3) is 0.818. The van der Waals surface area contributed by atoms with E-state index in [0.29, 0.717) is 35.7 Å². The van der Waals surface area contributed by atoms with Gasteiger partial charge in [-0.25, -0.2) is 0 Å². The topological polar surface area (TPSA) is 43.4 Å². The molecule has 0 saturated heterocycles. The van der Waals surface area contributed by atoms with Gasteiger partial charge >= 0.3 is 0 Å². The van der Waals surface area contributed by atoms with E-state index in [4.69, 9.17) is 4.74 Å². The molecule has 6 unspecified atom stereocenters. The van der Waals surface area contributed by atoms with Gasteiger partial charge in [0.15, 0.2) is 5.78 Å². The summed E-state index contributed by atoms with van der Waals surface area (Å²) in [5.41, 5.74) is 1.57. The number of Topliss-reactive ketones (excluding diaryl/α,β-unsaturated/α-hetero) is 1. The average Bonchev–Trinajstić information content (AvgIpc) is 2.91. The van der Waals surface area contributed by atoms with E-state index >= 15 is 0 Å². The molecule has 0 aliphatic heterocycles. The predicted octanol–water partition coefficient (Wildman–Crippen LogP) is 4.35. The Labute approximate surface area is 151 Å². The van der Waals surface area contributed by atoms with E-state index in [2.05, 4.69) is 13.8 Å². The van der Waals surface area contributed by atoms with Crippen molar-refractivity contribution in [1.29, 1.82) is 0 Å². The molecule has 0 aromatic heterocycles. The lowest BCUT2D eigenvalue weighted by atomic mass is 9.46. The van der Waals surface area contributed by atoms with E-state index in [1.807, 2.05) is 13.2 Å². The first-order valence-corrected chi connectivity index (χ1v) is 10.1. The highest BCUT2D eigenvalue weighted by molar-refractivity contribution is 5.91. The Hall–Kier alpha value is -0.960. The number of rotatable bonds is 2. The summed E-state index contributed by atoms with van der Waals surface area (Å²) in [6.45, 7) is 6.52. The SMILES string of the molecule is CO[C@@H]1CC2(C)C(C(C)=O)CCC2C2CCC3=CC(=O)CCC3(C)C21. The second-order valence-corrected chi connectivity index (χ2v) is 9.61. The van der Waals surface area contributed by atoms with Gasteiger partial charge in [0, 0.05) is 19.4 Å². The summed E-state index contributed by atoms with van der Waals surface area (Å²) in [4.78, 5) is 24.3. The van der Waals surface area contributed by atoms with Crippen LogP contribution >= 0.6 is 0 Å². The van der Waals surface area contributed by atoms with Crippen LogP contribution in [0.15, 0.2) is 11.6 Å². The molecule has 138 valence electrons. The van der Waals surface area contributed by atoms with Gasteiger partial charge in [0.25, 0.3) is 0 Å². The molecule has 0 aromatic rings. The summed E-state index contributed by atoms with van der Waals surface area (Å²) in [6, 6.07) is 0. The monoisotopic (exact) mass is 344 g/mol. The molecule has 7 atom stereocenters. The van der Waals surface area contributed by atoms with Crippen molar-refractivity contribution in [2.75, 3.05) is 7.11 Å². The van der Waals surface area contributed by atoms with Crippen LogP contribution in [-0.4, -0.2) is 24.8 Å². The van der Waals surface area contributed by atoms with Crippen LogP contribution in [0.4, 0.5) is 0 Å². The van der Waals surface area contributed by atoms with Gasteiger partial charge in [0.2, 0.25) is 0 Å². The van der Waals surface area contributed by atoms with Gasteiger partial charge in [-0.2, -0.15) is 0 Å². The maximum Gasteiger partial charge on any atom is 0.155 e. The van der Waals surface area contributed by atoms with Crippen molar-refractivity contribution in [3.8, 4) is 0 Å². The van der Waals surface area contributed by atoms with Crippen LogP contribution in [0.25, 0.3) is 0 Å². The number of hydrogen-bond acceptors (Lipinski definition) is 3. The third-order valence-corrected chi connectivity index (χ3v) is 8.66. The molecule has 0 N–H and O–H groups in total. The Morgan fingerprint density at radius 2 is 1.96 bits per heavy atom. The minimum absolute atomic E-state index is 0.0930. The molecule has 0 aromatic carbocycles. The van der Waals surface area contributed by atoms with E-state index in [1.54, 1.807) is 6.92 Å². The highest BCUT2D eigenvalue weighted by Gasteiger charge is 2.62. The molecule has 3 nitrogen and oxygen atoms in total.